The third-order valence-electron chi connectivity index (χ3n) is 2.47. The molecule has 96 valence electrons. The normalized spacial score (nSPS) is 11.5. The van der Waals surface area contributed by atoms with Crippen molar-refractivity contribution < 1.29 is 0 Å². The molecular weight excluding hydrogens is 248 g/mol. The lowest BCUT2D eigenvalue weighted by molar-refractivity contribution is 0.749. The number of nitrogens with zero attached hydrogens (tertiary/aromatic N) is 1. The number of aryl methyl sites for hydroxylation is 1. The Balaban J connectivity index is 2.80. The summed E-state index contributed by atoms with van der Waals surface area (Å²) in [5, 5.41) is 0. The first-order valence-electron chi connectivity index (χ1n) is 6.09. The third kappa shape index (κ3) is 4.43. The van der Waals surface area contributed by atoms with Gasteiger partial charge in [-0.1, -0.05) is 39.9 Å². The van der Waals surface area contributed by atoms with E-state index in [4.69, 9.17) is 12.2 Å². The summed E-state index contributed by atoms with van der Waals surface area (Å²) in [6.07, 6.45) is 0. The fourth-order valence-corrected chi connectivity index (χ4v) is 3.21. The highest BCUT2D eigenvalue weighted by Gasteiger charge is 2.09. The molecule has 0 aliphatic heterocycles. The van der Waals surface area contributed by atoms with Crippen molar-refractivity contribution in [3.8, 4) is 0 Å². The van der Waals surface area contributed by atoms with E-state index in [2.05, 4.69) is 44.6 Å². The van der Waals surface area contributed by atoms with Gasteiger partial charge in [-0.25, -0.2) is 4.98 Å². The highest BCUT2D eigenvalue weighted by Crippen LogP contribution is 2.20. The summed E-state index contributed by atoms with van der Waals surface area (Å²) in [7, 11) is 0. The van der Waals surface area contributed by atoms with Crippen LogP contribution in [-0.2, 0) is 5.75 Å². The van der Waals surface area contributed by atoms with Crippen LogP contribution in [0.25, 0.3) is 0 Å². The lowest BCUT2D eigenvalue weighted by atomic mass is 10.0. The number of aromatic nitrogens is 2. The molecule has 0 saturated carbocycles. The Morgan fingerprint density at radius 1 is 1.29 bits per heavy atom. The number of aromatic amines is 1. The molecule has 1 aromatic rings. The molecule has 1 rings (SSSR count). The lowest BCUT2D eigenvalue weighted by Gasteiger charge is -2.11. The number of nitrogens with one attached hydrogen (secondary N) is 1. The number of thioether (sulfide) groups is 1. The van der Waals surface area contributed by atoms with Crippen molar-refractivity contribution in [1.29, 1.82) is 0 Å². The molecule has 1 heterocycles. The van der Waals surface area contributed by atoms with Crippen molar-refractivity contribution >= 4 is 24.0 Å². The van der Waals surface area contributed by atoms with Crippen LogP contribution in [0.1, 0.15) is 50.7 Å². The zero-order chi connectivity index (χ0) is 13.0. The number of hydrogen-bond acceptors (Lipinski definition) is 3. The van der Waals surface area contributed by atoms with Crippen LogP contribution in [0, 0.1) is 17.5 Å². The van der Waals surface area contributed by atoms with E-state index in [1.807, 2.05) is 11.8 Å². The van der Waals surface area contributed by atoms with E-state index in [1.54, 1.807) is 0 Å². The van der Waals surface area contributed by atoms with Gasteiger partial charge in [-0.3, -0.25) is 0 Å². The minimum Gasteiger partial charge on any atom is -0.346 e. The van der Waals surface area contributed by atoms with Crippen molar-refractivity contribution in [1.82, 2.24) is 9.97 Å². The van der Waals surface area contributed by atoms with E-state index in [1.165, 1.54) is 11.3 Å². The molecule has 0 aliphatic rings. The van der Waals surface area contributed by atoms with Gasteiger partial charge in [-0.2, -0.15) is 11.8 Å². The van der Waals surface area contributed by atoms with Gasteiger partial charge in [0.05, 0.1) is 5.75 Å². The Bertz CT molecular complexity index is 422. The predicted octanol–water partition coefficient (Wildman–Crippen LogP) is 4.46. The van der Waals surface area contributed by atoms with Crippen LogP contribution in [0.4, 0.5) is 0 Å². The van der Waals surface area contributed by atoms with Gasteiger partial charge in [0.1, 0.15) is 10.5 Å². The van der Waals surface area contributed by atoms with Crippen LogP contribution in [0.5, 0.6) is 0 Å². The molecule has 0 aromatic carbocycles. The molecule has 0 unspecified atom stereocenters. The fraction of sp³-hybridized carbons (Fsp3) is 0.692. The molecular formula is C13H22N2S2. The molecule has 4 heteroatoms. The van der Waals surface area contributed by atoms with Crippen LogP contribution < -0.4 is 0 Å². The zero-order valence-corrected chi connectivity index (χ0v) is 13.0. The van der Waals surface area contributed by atoms with Crippen molar-refractivity contribution in [2.45, 2.75) is 46.3 Å². The van der Waals surface area contributed by atoms with Gasteiger partial charge in [-0.15, -0.1) is 0 Å². The SMILES string of the molecule is Cc1[nH]c(CSCC(C)C)nc(=S)c1C(C)C. The highest BCUT2D eigenvalue weighted by atomic mass is 32.2. The number of H-pyrrole nitrogens is 1. The summed E-state index contributed by atoms with van der Waals surface area (Å²) in [4.78, 5) is 7.86. The minimum atomic E-state index is 0.434. The summed E-state index contributed by atoms with van der Waals surface area (Å²) < 4.78 is 0.761. The summed E-state index contributed by atoms with van der Waals surface area (Å²) >= 11 is 7.27. The first kappa shape index (κ1) is 14.7. The molecule has 0 saturated heterocycles. The van der Waals surface area contributed by atoms with Gasteiger partial charge in [0.15, 0.2) is 0 Å². The van der Waals surface area contributed by atoms with Gasteiger partial charge < -0.3 is 4.98 Å². The van der Waals surface area contributed by atoms with Crippen molar-refractivity contribution in [3.05, 3.63) is 21.7 Å². The second kappa shape index (κ2) is 6.55. The lowest BCUT2D eigenvalue weighted by Crippen LogP contribution is -2.04. The van der Waals surface area contributed by atoms with E-state index >= 15 is 0 Å². The topological polar surface area (TPSA) is 28.7 Å². The Morgan fingerprint density at radius 3 is 2.41 bits per heavy atom. The number of hydrogen-bond donors (Lipinski definition) is 1. The van der Waals surface area contributed by atoms with Gasteiger partial charge in [0.25, 0.3) is 0 Å². The first-order chi connectivity index (χ1) is 7.91. The van der Waals surface area contributed by atoms with E-state index in [-0.39, 0.29) is 0 Å². The van der Waals surface area contributed by atoms with Crippen molar-refractivity contribution in [2.24, 2.45) is 5.92 Å². The number of rotatable bonds is 5. The highest BCUT2D eigenvalue weighted by molar-refractivity contribution is 7.98. The Labute approximate surface area is 114 Å². The first-order valence-corrected chi connectivity index (χ1v) is 7.65. The van der Waals surface area contributed by atoms with Crippen LogP contribution in [0.15, 0.2) is 0 Å². The molecule has 2 nitrogen and oxygen atoms in total. The molecule has 0 fully saturated rings. The summed E-state index contributed by atoms with van der Waals surface area (Å²) in [5.74, 6) is 4.24. The molecule has 1 N–H and O–H groups in total. The second-order valence-corrected chi connectivity index (χ2v) is 6.51. The van der Waals surface area contributed by atoms with Crippen LogP contribution in [0.3, 0.4) is 0 Å². The molecule has 0 atom stereocenters. The molecule has 0 spiro atoms. The van der Waals surface area contributed by atoms with Gasteiger partial charge in [0.2, 0.25) is 0 Å². The molecule has 0 bridgehead atoms. The smallest absolute Gasteiger partial charge is 0.133 e. The molecule has 17 heavy (non-hydrogen) atoms. The molecule has 1 aromatic heterocycles. The van der Waals surface area contributed by atoms with E-state index in [0.29, 0.717) is 5.92 Å². The van der Waals surface area contributed by atoms with Crippen LogP contribution in [-0.4, -0.2) is 15.7 Å². The van der Waals surface area contributed by atoms with Crippen LogP contribution >= 0.6 is 24.0 Å². The summed E-state index contributed by atoms with van der Waals surface area (Å²) in [6.45, 7) is 10.9. The van der Waals surface area contributed by atoms with Crippen molar-refractivity contribution in [3.63, 3.8) is 0 Å². The minimum absolute atomic E-state index is 0.434. The van der Waals surface area contributed by atoms with Gasteiger partial charge >= 0.3 is 0 Å². The van der Waals surface area contributed by atoms with E-state index in [0.717, 1.165) is 27.9 Å². The van der Waals surface area contributed by atoms with Gasteiger partial charge in [0, 0.05) is 11.3 Å². The average Bonchev–Trinajstić information content (AvgIpc) is 2.14. The van der Waals surface area contributed by atoms with Crippen LogP contribution in [0.2, 0.25) is 0 Å². The van der Waals surface area contributed by atoms with E-state index in [9.17, 15) is 0 Å². The van der Waals surface area contributed by atoms with Crippen molar-refractivity contribution in [2.75, 3.05) is 5.75 Å². The zero-order valence-electron chi connectivity index (χ0n) is 11.3. The Hall–Kier alpha value is -0.350. The van der Waals surface area contributed by atoms with E-state index < -0.39 is 0 Å². The standard InChI is InChI=1S/C13H22N2S2/c1-8(2)6-17-7-11-14-10(5)12(9(3)4)13(16)15-11/h8-9H,6-7H2,1-5H3,(H,14,15,16). The largest absolute Gasteiger partial charge is 0.346 e. The third-order valence-corrected chi connectivity index (χ3v) is 4.16. The Kier molecular flexibility index (Phi) is 5.67. The Morgan fingerprint density at radius 2 is 1.94 bits per heavy atom. The monoisotopic (exact) mass is 270 g/mol. The maximum Gasteiger partial charge on any atom is 0.133 e. The second-order valence-electron chi connectivity index (χ2n) is 5.09. The fourth-order valence-electron chi connectivity index (χ4n) is 1.79. The summed E-state index contributed by atoms with van der Waals surface area (Å²) in [6, 6.07) is 0. The molecule has 0 amide bonds. The predicted molar refractivity (Wildman–Crippen MR) is 79.2 cm³/mol. The quantitative estimate of drug-likeness (QED) is 0.801. The molecule has 0 aliphatic carbocycles. The maximum absolute atomic E-state index is 5.36. The maximum atomic E-state index is 5.36. The summed E-state index contributed by atoms with van der Waals surface area (Å²) in [5.41, 5.74) is 2.35. The molecule has 0 radical (unpaired) electrons. The average molecular weight is 270 g/mol. The van der Waals surface area contributed by atoms with Gasteiger partial charge in [-0.05, 0) is 24.5 Å².